The molecule has 2 aromatic carbocycles. The average Bonchev–Trinajstić information content (AvgIpc) is 3.16. The van der Waals surface area contributed by atoms with Crippen LogP contribution in [0.15, 0.2) is 64.3 Å². The molecule has 0 fully saturated rings. The summed E-state index contributed by atoms with van der Waals surface area (Å²) in [5.41, 5.74) is 2.46. The molecule has 0 saturated carbocycles. The minimum atomic E-state index is -0.122. The fourth-order valence-electron chi connectivity index (χ4n) is 2.58. The molecule has 1 aromatic heterocycles. The maximum Gasteiger partial charge on any atom is 0.234 e. The number of halogens is 1. The summed E-state index contributed by atoms with van der Waals surface area (Å²) >= 11 is 8.61. The van der Waals surface area contributed by atoms with E-state index in [9.17, 15) is 9.59 Å². The van der Waals surface area contributed by atoms with Crippen molar-refractivity contribution in [2.75, 3.05) is 11.1 Å². The van der Waals surface area contributed by atoms with E-state index in [-0.39, 0.29) is 30.0 Å². The number of thiazole rings is 1. The van der Waals surface area contributed by atoms with Crippen molar-refractivity contribution in [1.29, 1.82) is 0 Å². The molecule has 5 nitrogen and oxygen atoms in total. The zero-order chi connectivity index (χ0) is 20.6. The van der Waals surface area contributed by atoms with E-state index in [0.717, 1.165) is 9.90 Å². The Morgan fingerprint density at radius 1 is 1.10 bits per heavy atom. The Hall–Kier alpha value is -2.35. The van der Waals surface area contributed by atoms with Gasteiger partial charge in [-0.1, -0.05) is 53.7 Å². The molecule has 29 heavy (non-hydrogen) atoms. The lowest BCUT2D eigenvalue weighted by molar-refractivity contribution is -0.121. The quantitative estimate of drug-likeness (QED) is 0.481. The molecule has 1 heterocycles. The first-order valence-electron chi connectivity index (χ1n) is 8.96. The van der Waals surface area contributed by atoms with Gasteiger partial charge >= 0.3 is 0 Å². The van der Waals surface area contributed by atoms with Crippen LogP contribution in [0.1, 0.15) is 24.2 Å². The standard InChI is InChI=1S/C21H20ClN3O2S2/c1-14(15-5-3-2-4-6-15)23-19(26)11-18-12-28-21(25-18)29-13-20(27)24-17-9-7-16(22)8-10-17/h2-10,12,14H,11,13H2,1H3,(H,23,26)(H,24,27)/t14-/m1/s1. The van der Waals surface area contributed by atoms with Crippen LogP contribution in [0.5, 0.6) is 0 Å². The van der Waals surface area contributed by atoms with Gasteiger partial charge in [-0.3, -0.25) is 9.59 Å². The maximum atomic E-state index is 12.3. The first-order chi connectivity index (χ1) is 14.0. The van der Waals surface area contributed by atoms with Crippen LogP contribution in [0.3, 0.4) is 0 Å². The Kier molecular flexibility index (Phi) is 7.69. The molecule has 0 aliphatic heterocycles. The first kappa shape index (κ1) is 21.4. The normalized spacial score (nSPS) is 11.7. The highest BCUT2D eigenvalue weighted by Gasteiger charge is 2.13. The van der Waals surface area contributed by atoms with E-state index in [1.165, 1.54) is 23.1 Å². The number of benzene rings is 2. The molecular weight excluding hydrogens is 426 g/mol. The predicted octanol–water partition coefficient (Wildman–Crippen LogP) is 4.95. The molecule has 2 amide bonds. The van der Waals surface area contributed by atoms with Crippen LogP contribution in [0.4, 0.5) is 5.69 Å². The third kappa shape index (κ3) is 6.88. The monoisotopic (exact) mass is 445 g/mol. The summed E-state index contributed by atoms with van der Waals surface area (Å²) in [5.74, 6) is 0.0412. The van der Waals surface area contributed by atoms with Gasteiger partial charge < -0.3 is 10.6 Å². The fourth-order valence-corrected chi connectivity index (χ4v) is 4.35. The number of carbonyl (C=O) groups is 2. The number of carbonyl (C=O) groups excluding carboxylic acids is 2. The number of hydrogen-bond acceptors (Lipinski definition) is 5. The van der Waals surface area contributed by atoms with Crippen LogP contribution in [0.2, 0.25) is 5.02 Å². The lowest BCUT2D eigenvalue weighted by Crippen LogP contribution is -2.28. The third-order valence-electron chi connectivity index (χ3n) is 4.00. The van der Waals surface area contributed by atoms with Crippen LogP contribution < -0.4 is 10.6 Å². The predicted molar refractivity (Wildman–Crippen MR) is 120 cm³/mol. The van der Waals surface area contributed by atoms with Crippen molar-refractivity contribution in [3.05, 3.63) is 76.3 Å². The van der Waals surface area contributed by atoms with E-state index in [2.05, 4.69) is 15.6 Å². The second-order valence-electron chi connectivity index (χ2n) is 6.33. The number of anilines is 1. The zero-order valence-electron chi connectivity index (χ0n) is 15.7. The Balaban J connectivity index is 1.44. The first-order valence-corrected chi connectivity index (χ1v) is 11.2. The number of rotatable bonds is 8. The van der Waals surface area contributed by atoms with Gasteiger partial charge in [0, 0.05) is 16.1 Å². The van der Waals surface area contributed by atoms with Gasteiger partial charge in [0.2, 0.25) is 11.8 Å². The second-order valence-corrected chi connectivity index (χ2v) is 8.84. The topological polar surface area (TPSA) is 71.1 Å². The third-order valence-corrected chi connectivity index (χ3v) is 6.33. The Morgan fingerprint density at radius 2 is 1.83 bits per heavy atom. The van der Waals surface area contributed by atoms with Gasteiger partial charge in [-0.25, -0.2) is 4.98 Å². The number of amides is 2. The highest BCUT2D eigenvalue weighted by molar-refractivity contribution is 8.01. The van der Waals surface area contributed by atoms with Crippen molar-refractivity contribution in [1.82, 2.24) is 10.3 Å². The van der Waals surface area contributed by atoms with Gasteiger partial charge in [-0.05, 0) is 36.8 Å². The highest BCUT2D eigenvalue weighted by atomic mass is 35.5. The van der Waals surface area contributed by atoms with E-state index >= 15 is 0 Å². The highest BCUT2D eigenvalue weighted by Crippen LogP contribution is 2.23. The number of aromatic nitrogens is 1. The molecule has 0 bridgehead atoms. The Bertz CT molecular complexity index is 962. The Labute approximate surface area is 182 Å². The van der Waals surface area contributed by atoms with Gasteiger partial charge in [-0.15, -0.1) is 11.3 Å². The summed E-state index contributed by atoms with van der Waals surface area (Å²) in [4.78, 5) is 28.8. The largest absolute Gasteiger partial charge is 0.349 e. The zero-order valence-corrected chi connectivity index (χ0v) is 18.1. The van der Waals surface area contributed by atoms with Crippen LogP contribution >= 0.6 is 34.7 Å². The smallest absolute Gasteiger partial charge is 0.234 e. The number of hydrogen-bond donors (Lipinski definition) is 2. The number of nitrogens with zero attached hydrogens (tertiary/aromatic N) is 1. The molecule has 150 valence electrons. The molecule has 0 unspecified atom stereocenters. The molecular formula is C21H20ClN3O2S2. The lowest BCUT2D eigenvalue weighted by atomic mass is 10.1. The van der Waals surface area contributed by atoms with Crippen molar-refractivity contribution in [3.63, 3.8) is 0 Å². The molecule has 0 radical (unpaired) electrons. The van der Waals surface area contributed by atoms with Crippen LogP contribution in [0.25, 0.3) is 0 Å². The minimum Gasteiger partial charge on any atom is -0.349 e. The van der Waals surface area contributed by atoms with Crippen molar-refractivity contribution < 1.29 is 9.59 Å². The van der Waals surface area contributed by atoms with E-state index in [0.29, 0.717) is 16.4 Å². The van der Waals surface area contributed by atoms with E-state index < -0.39 is 0 Å². The van der Waals surface area contributed by atoms with Gasteiger partial charge in [0.1, 0.15) is 0 Å². The van der Waals surface area contributed by atoms with Crippen molar-refractivity contribution >= 4 is 52.2 Å². The fraction of sp³-hybridized carbons (Fsp3) is 0.190. The SMILES string of the molecule is C[C@@H](NC(=O)Cc1csc(SCC(=O)Nc2ccc(Cl)cc2)n1)c1ccccc1. The van der Waals surface area contributed by atoms with Gasteiger partial charge in [0.15, 0.2) is 4.34 Å². The number of thioether (sulfide) groups is 1. The Morgan fingerprint density at radius 3 is 2.55 bits per heavy atom. The molecule has 0 spiro atoms. The second kappa shape index (κ2) is 10.4. The minimum absolute atomic E-state index is 0.0623. The molecule has 3 aromatic rings. The molecule has 0 aliphatic carbocycles. The molecule has 2 N–H and O–H groups in total. The van der Waals surface area contributed by atoms with Gasteiger partial charge in [-0.2, -0.15) is 0 Å². The molecule has 8 heteroatoms. The summed E-state index contributed by atoms with van der Waals surface area (Å²) in [7, 11) is 0. The molecule has 1 atom stereocenters. The van der Waals surface area contributed by atoms with Crippen LogP contribution in [0, 0.1) is 0 Å². The summed E-state index contributed by atoms with van der Waals surface area (Å²) in [6, 6.07) is 16.7. The van der Waals surface area contributed by atoms with Crippen molar-refractivity contribution in [3.8, 4) is 0 Å². The summed E-state index contributed by atoms with van der Waals surface area (Å²) in [6.07, 6.45) is 0.213. The summed E-state index contributed by atoms with van der Waals surface area (Å²) < 4.78 is 0.759. The summed E-state index contributed by atoms with van der Waals surface area (Å²) in [5, 5.41) is 8.26. The van der Waals surface area contributed by atoms with Gasteiger partial charge in [0.05, 0.1) is 23.9 Å². The van der Waals surface area contributed by atoms with E-state index in [1.54, 1.807) is 24.3 Å². The van der Waals surface area contributed by atoms with Crippen molar-refractivity contribution in [2.45, 2.75) is 23.7 Å². The maximum absolute atomic E-state index is 12.3. The van der Waals surface area contributed by atoms with Crippen LogP contribution in [-0.2, 0) is 16.0 Å². The van der Waals surface area contributed by atoms with E-state index in [1.807, 2.05) is 42.6 Å². The average molecular weight is 446 g/mol. The number of nitrogens with one attached hydrogen (secondary N) is 2. The van der Waals surface area contributed by atoms with E-state index in [4.69, 9.17) is 11.6 Å². The lowest BCUT2D eigenvalue weighted by Gasteiger charge is -2.13. The molecule has 3 rings (SSSR count). The molecule has 0 aliphatic rings. The van der Waals surface area contributed by atoms with Crippen molar-refractivity contribution in [2.24, 2.45) is 0 Å². The summed E-state index contributed by atoms with van der Waals surface area (Å²) in [6.45, 7) is 1.95. The molecule has 0 saturated heterocycles. The van der Waals surface area contributed by atoms with Gasteiger partial charge in [0.25, 0.3) is 0 Å². The van der Waals surface area contributed by atoms with Crippen LogP contribution in [-0.4, -0.2) is 22.6 Å².